The molecule has 0 atom stereocenters. The molecule has 19 heavy (non-hydrogen) atoms. The molecule has 3 rings (SSSR count). The number of nitrogens with zero attached hydrogens (tertiary/aromatic N) is 2. The fourth-order valence-corrected chi connectivity index (χ4v) is 1.83. The Labute approximate surface area is 117 Å². The Morgan fingerprint density at radius 1 is 1.11 bits per heavy atom. The fourth-order valence-electron chi connectivity index (χ4n) is 1.57. The van der Waals surface area contributed by atoms with Crippen LogP contribution in [-0.2, 0) is 6.54 Å². The average molecular weight is 320 g/mol. The zero-order valence-corrected chi connectivity index (χ0v) is 11.4. The topological polar surface area (TPSA) is 64.1 Å². The summed E-state index contributed by atoms with van der Waals surface area (Å²) in [5.74, 6) is 1.47. The average Bonchev–Trinajstić information content (AvgIpc) is 3.09. The first-order valence-electron chi connectivity index (χ1n) is 5.67. The van der Waals surface area contributed by atoms with Gasteiger partial charge in [-0.1, -0.05) is 15.9 Å². The van der Waals surface area contributed by atoms with E-state index < -0.39 is 0 Å². The van der Waals surface area contributed by atoms with Gasteiger partial charge in [0.05, 0.1) is 12.8 Å². The molecule has 1 N–H and O–H groups in total. The maximum absolute atomic E-state index is 5.49. The Hall–Kier alpha value is -2.08. The van der Waals surface area contributed by atoms with Crippen LogP contribution < -0.4 is 5.32 Å². The summed E-state index contributed by atoms with van der Waals surface area (Å²) in [6.45, 7) is 0.468. The number of aromatic nitrogens is 2. The van der Waals surface area contributed by atoms with Crippen molar-refractivity contribution in [2.45, 2.75) is 6.54 Å². The SMILES string of the molecule is Brc1ccc(NCc2nnc(-c3ccco3)o2)cc1. The molecule has 0 aliphatic carbocycles. The number of rotatable bonds is 4. The minimum atomic E-state index is 0.387. The highest BCUT2D eigenvalue weighted by Gasteiger charge is 2.10. The second-order valence-electron chi connectivity index (χ2n) is 3.84. The molecule has 0 saturated heterocycles. The molecule has 0 unspecified atom stereocenters. The smallest absolute Gasteiger partial charge is 0.283 e. The van der Waals surface area contributed by atoms with Crippen molar-refractivity contribution >= 4 is 21.6 Å². The van der Waals surface area contributed by atoms with E-state index in [1.807, 2.05) is 24.3 Å². The van der Waals surface area contributed by atoms with Gasteiger partial charge in [0.15, 0.2) is 5.76 Å². The van der Waals surface area contributed by atoms with Crippen molar-refractivity contribution < 1.29 is 8.83 Å². The van der Waals surface area contributed by atoms with E-state index in [2.05, 4.69) is 31.4 Å². The van der Waals surface area contributed by atoms with Gasteiger partial charge in [-0.05, 0) is 36.4 Å². The van der Waals surface area contributed by atoms with Gasteiger partial charge in [0.1, 0.15) is 0 Å². The third kappa shape index (κ3) is 2.85. The van der Waals surface area contributed by atoms with Crippen LogP contribution in [0.1, 0.15) is 5.89 Å². The Kier molecular flexibility index (Phi) is 3.33. The lowest BCUT2D eigenvalue weighted by Gasteiger charge is -2.02. The molecule has 2 heterocycles. The molecule has 0 aliphatic rings. The van der Waals surface area contributed by atoms with Crippen LogP contribution in [0.3, 0.4) is 0 Å². The largest absolute Gasteiger partial charge is 0.459 e. The molecule has 2 aromatic heterocycles. The zero-order chi connectivity index (χ0) is 13.1. The van der Waals surface area contributed by atoms with Crippen LogP contribution in [0.4, 0.5) is 5.69 Å². The van der Waals surface area contributed by atoms with Crippen LogP contribution in [0.15, 0.2) is 56.0 Å². The summed E-state index contributed by atoms with van der Waals surface area (Å²) in [4.78, 5) is 0. The molecular weight excluding hydrogens is 310 g/mol. The van der Waals surface area contributed by atoms with Crippen LogP contribution in [0.5, 0.6) is 0 Å². The van der Waals surface area contributed by atoms with Crippen molar-refractivity contribution in [2.75, 3.05) is 5.32 Å². The number of nitrogens with one attached hydrogen (secondary N) is 1. The lowest BCUT2D eigenvalue weighted by atomic mass is 10.3. The van der Waals surface area contributed by atoms with E-state index in [0.29, 0.717) is 24.1 Å². The van der Waals surface area contributed by atoms with E-state index in [1.165, 1.54) is 0 Å². The lowest BCUT2D eigenvalue weighted by molar-refractivity contribution is 0.486. The number of hydrogen-bond acceptors (Lipinski definition) is 5. The molecule has 0 radical (unpaired) electrons. The molecule has 3 aromatic rings. The van der Waals surface area contributed by atoms with E-state index in [1.54, 1.807) is 18.4 Å². The van der Waals surface area contributed by atoms with E-state index in [-0.39, 0.29) is 0 Å². The standard InChI is InChI=1S/C13H10BrN3O2/c14-9-3-5-10(6-4-9)15-8-12-16-17-13(19-12)11-2-1-7-18-11/h1-7,15H,8H2. The normalized spacial score (nSPS) is 10.6. The number of anilines is 1. The molecule has 0 amide bonds. The Balaban J connectivity index is 1.66. The second-order valence-corrected chi connectivity index (χ2v) is 4.75. The zero-order valence-electron chi connectivity index (χ0n) is 9.84. The Morgan fingerprint density at radius 3 is 2.68 bits per heavy atom. The van der Waals surface area contributed by atoms with Crippen molar-refractivity contribution in [3.05, 3.63) is 53.0 Å². The molecule has 1 aromatic carbocycles. The third-order valence-electron chi connectivity index (χ3n) is 2.49. The fraction of sp³-hybridized carbons (Fsp3) is 0.0769. The van der Waals surface area contributed by atoms with Gasteiger partial charge in [-0.25, -0.2) is 0 Å². The molecular formula is C13H10BrN3O2. The van der Waals surface area contributed by atoms with Gasteiger partial charge < -0.3 is 14.2 Å². The highest BCUT2D eigenvalue weighted by atomic mass is 79.9. The van der Waals surface area contributed by atoms with Gasteiger partial charge in [-0.15, -0.1) is 10.2 Å². The summed E-state index contributed by atoms with van der Waals surface area (Å²) in [6, 6.07) is 11.4. The maximum Gasteiger partial charge on any atom is 0.283 e. The van der Waals surface area contributed by atoms with E-state index in [4.69, 9.17) is 8.83 Å². The number of benzene rings is 1. The Bertz CT molecular complexity index is 647. The summed E-state index contributed by atoms with van der Waals surface area (Å²) < 4.78 is 11.7. The van der Waals surface area contributed by atoms with Crippen LogP contribution in [0.2, 0.25) is 0 Å². The highest BCUT2D eigenvalue weighted by Crippen LogP contribution is 2.19. The van der Waals surface area contributed by atoms with Crippen LogP contribution in [0.25, 0.3) is 11.7 Å². The van der Waals surface area contributed by atoms with Gasteiger partial charge in [0.2, 0.25) is 5.89 Å². The van der Waals surface area contributed by atoms with Crippen molar-refractivity contribution in [1.29, 1.82) is 0 Å². The predicted octanol–water partition coefficient (Wildman–Crippen LogP) is 3.70. The summed E-state index contributed by atoms with van der Waals surface area (Å²) >= 11 is 3.39. The Morgan fingerprint density at radius 2 is 1.95 bits per heavy atom. The van der Waals surface area contributed by atoms with Crippen LogP contribution in [-0.4, -0.2) is 10.2 Å². The number of halogens is 1. The molecule has 6 heteroatoms. The van der Waals surface area contributed by atoms with E-state index in [0.717, 1.165) is 10.2 Å². The van der Waals surface area contributed by atoms with E-state index in [9.17, 15) is 0 Å². The molecule has 0 aliphatic heterocycles. The molecule has 0 bridgehead atoms. The molecule has 0 fully saturated rings. The molecule has 5 nitrogen and oxygen atoms in total. The first-order chi connectivity index (χ1) is 9.31. The van der Waals surface area contributed by atoms with Crippen molar-refractivity contribution in [3.63, 3.8) is 0 Å². The predicted molar refractivity (Wildman–Crippen MR) is 73.5 cm³/mol. The maximum atomic E-state index is 5.49. The summed E-state index contributed by atoms with van der Waals surface area (Å²) in [6.07, 6.45) is 1.57. The number of furan rings is 1. The first-order valence-corrected chi connectivity index (χ1v) is 6.46. The molecule has 96 valence electrons. The van der Waals surface area contributed by atoms with Gasteiger partial charge in [-0.3, -0.25) is 0 Å². The summed E-state index contributed by atoms with van der Waals surface area (Å²) in [5, 5.41) is 11.1. The molecule has 0 saturated carbocycles. The summed E-state index contributed by atoms with van der Waals surface area (Å²) in [7, 11) is 0. The monoisotopic (exact) mass is 319 g/mol. The van der Waals surface area contributed by atoms with Crippen molar-refractivity contribution in [1.82, 2.24) is 10.2 Å². The summed E-state index contributed by atoms with van der Waals surface area (Å²) in [5.41, 5.74) is 0.987. The van der Waals surface area contributed by atoms with Crippen LogP contribution >= 0.6 is 15.9 Å². The quantitative estimate of drug-likeness (QED) is 0.794. The van der Waals surface area contributed by atoms with Crippen molar-refractivity contribution in [3.8, 4) is 11.7 Å². The third-order valence-corrected chi connectivity index (χ3v) is 3.02. The van der Waals surface area contributed by atoms with Crippen molar-refractivity contribution in [2.24, 2.45) is 0 Å². The van der Waals surface area contributed by atoms with Gasteiger partial charge in [-0.2, -0.15) is 0 Å². The van der Waals surface area contributed by atoms with Gasteiger partial charge in [0, 0.05) is 10.2 Å². The molecule has 0 spiro atoms. The van der Waals surface area contributed by atoms with Gasteiger partial charge in [0.25, 0.3) is 5.89 Å². The minimum Gasteiger partial charge on any atom is -0.459 e. The first kappa shape index (κ1) is 12.0. The van der Waals surface area contributed by atoms with Gasteiger partial charge >= 0.3 is 0 Å². The minimum absolute atomic E-state index is 0.387. The van der Waals surface area contributed by atoms with Crippen LogP contribution in [0, 0.1) is 0 Å². The second kappa shape index (κ2) is 5.27. The highest BCUT2D eigenvalue weighted by molar-refractivity contribution is 9.10. The van der Waals surface area contributed by atoms with E-state index >= 15 is 0 Å². The number of hydrogen-bond donors (Lipinski definition) is 1. The lowest BCUT2D eigenvalue weighted by Crippen LogP contribution is -1.99.